The van der Waals surface area contributed by atoms with Crippen LogP contribution in [0.2, 0.25) is 0 Å². The second kappa shape index (κ2) is 8.28. The molecule has 0 aromatic heterocycles. The summed E-state index contributed by atoms with van der Waals surface area (Å²) in [6, 6.07) is 0.403. The zero-order valence-electron chi connectivity index (χ0n) is 15.7. The van der Waals surface area contributed by atoms with Gasteiger partial charge in [0.1, 0.15) is 0 Å². The monoisotopic (exact) mass is 350 g/mol. The molecule has 2 heterocycles. The molecule has 0 spiro atoms. The summed E-state index contributed by atoms with van der Waals surface area (Å²) in [4.78, 5) is 30.7. The third-order valence-electron chi connectivity index (χ3n) is 6.39. The highest BCUT2D eigenvalue weighted by Gasteiger charge is 2.35. The van der Waals surface area contributed by atoms with Crippen LogP contribution in [0.4, 0.5) is 9.59 Å². The minimum absolute atomic E-state index is 0.190. The van der Waals surface area contributed by atoms with Gasteiger partial charge in [-0.1, -0.05) is 6.92 Å². The summed E-state index contributed by atoms with van der Waals surface area (Å²) in [6.45, 7) is 5.56. The molecule has 3 aliphatic rings. The molecular weight excluding hydrogens is 316 g/mol. The van der Waals surface area contributed by atoms with E-state index in [9.17, 15) is 9.59 Å². The number of amides is 4. The Bertz CT molecular complexity index is 462. The molecule has 2 aliphatic heterocycles. The zero-order valence-corrected chi connectivity index (χ0v) is 15.7. The van der Waals surface area contributed by atoms with E-state index in [1.807, 2.05) is 14.7 Å². The quantitative estimate of drug-likeness (QED) is 0.831. The first-order valence-corrected chi connectivity index (χ1v) is 10.2. The summed E-state index contributed by atoms with van der Waals surface area (Å²) in [5, 5.41) is 0. The fraction of sp³-hybridized carbons (Fsp3) is 0.895. The Kier molecular flexibility index (Phi) is 6.07. The minimum atomic E-state index is -0.277. The van der Waals surface area contributed by atoms with Crippen LogP contribution in [0.3, 0.4) is 0 Å². The molecule has 0 atom stereocenters. The molecule has 6 nitrogen and oxygen atoms in total. The maximum absolute atomic E-state index is 12.6. The molecular formula is C19H34N4O2. The number of primary amides is 1. The van der Waals surface area contributed by atoms with Crippen LogP contribution in [0.1, 0.15) is 64.7 Å². The third kappa shape index (κ3) is 4.39. The van der Waals surface area contributed by atoms with Gasteiger partial charge in [-0.05, 0) is 63.7 Å². The highest BCUT2D eigenvalue weighted by molar-refractivity contribution is 5.75. The van der Waals surface area contributed by atoms with E-state index in [2.05, 4.69) is 6.92 Å². The molecule has 3 fully saturated rings. The molecule has 1 saturated carbocycles. The van der Waals surface area contributed by atoms with Gasteiger partial charge in [0.05, 0.1) is 0 Å². The van der Waals surface area contributed by atoms with Crippen molar-refractivity contribution >= 4 is 12.1 Å². The Hall–Kier alpha value is -1.46. The van der Waals surface area contributed by atoms with Crippen molar-refractivity contribution in [2.75, 3.05) is 26.2 Å². The van der Waals surface area contributed by atoms with Crippen LogP contribution in [0, 0.1) is 5.92 Å². The van der Waals surface area contributed by atoms with Crippen LogP contribution in [-0.2, 0) is 0 Å². The molecule has 3 rings (SSSR count). The number of rotatable bonds is 2. The van der Waals surface area contributed by atoms with Gasteiger partial charge in [0, 0.05) is 38.3 Å². The molecule has 0 bridgehead atoms. The van der Waals surface area contributed by atoms with E-state index in [-0.39, 0.29) is 18.1 Å². The Morgan fingerprint density at radius 3 is 1.88 bits per heavy atom. The van der Waals surface area contributed by atoms with E-state index < -0.39 is 0 Å². The van der Waals surface area contributed by atoms with E-state index >= 15 is 0 Å². The number of nitrogens with zero attached hydrogens (tertiary/aromatic N) is 3. The lowest BCUT2D eigenvalue weighted by Gasteiger charge is -2.44. The smallest absolute Gasteiger partial charge is 0.319 e. The molecule has 0 radical (unpaired) electrons. The van der Waals surface area contributed by atoms with E-state index in [1.165, 1.54) is 19.3 Å². The Labute approximate surface area is 151 Å². The average Bonchev–Trinajstić information content (AvgIpc) is 2.64. The first kappa shape index (κ1) is 18.3. The van der Waals surface area contributed by atoms with Gasteiger partial charge in [-0.3, -0.25) is 0 Å². The zero-order chi connectivity index (χ0) is 17.8. The summed E-state index contributed by atoms with van der Waals surface area (Å²) in [5.74, 6) is 0.759. The van der Waals surface area contributed by atoms with Crippen molar-refractivity contribution in [2.45, 2.75) is 76.8 Å². The fourth-order valence-electron chi connectivity index (χ4n) is 4.80. The van der Waals surface area contributed by atoms with Crippen molar-refractivity contribution in [1.82, 2.24) is 14.7 Å². The summed E-state index contributed by atoms with van der Waals surface area (Å²) >= 11 is 0. The number of nitrogens with two attached hydrogens (primary N) is 1. The molecule has 6 heteroatoms. The number of likely N-dealkylation sites (tertiary alicyclic amines) is 2. The van der Waals surface area contributed by atoms with Crippen molar-refractivity contribution in [2.24, 2.45) is 11.7 Å². The minimum Gasteiger partial charge on any atom is -0.351 e. The van der Waals surface area contributed by atoms with Crippen LogP contribution < -0.4 is 5.73 Å². The van der Waals surface area contributed by atoms with Crippen LogP contribution >= 0.6 is 0 Å². The lowest BCUT2D eigenvalue weighted by molar-refractivity contribution is 0.0777. The van der Waals surface area contributed by atoms with Gasteiger partial charge in [-0.25, -0.2) is 9.59 Å². The summed E-state index contributed by atoms with van der Waals surface area (Å²) in [6.07, 6.45) is 9.69. The molecule has 142 valence electrons. The normalized spacial score (nSPS) is 28.7. The average molecular weight is 351 g/mol. The highest BCUT2D eigenvalue weighted by Crippen LogP contribution is 2.30. The first-order valence-electron chi connectivity index (χ1n) is 10.2. The van der Waals surface area contributed by atoms with Crippen molar-refractivity contribution in [3.05, 3.63) is 0 Å². The van der Waals surface area contributed by atoms with Gasteiger partial charge in [0.2, 0.25) is 0 Å². The molecule has 2 saturated heterocycles. The molecule has 0 aromatic carbocycles. The lowest BCUT2D eigenvalue weighted by atomic mass is 9.85. The lowest BCUT2D eigenvalue weighted by Crippen LogP contribution is -2.56. The van der Waals surface area contributed by atoms with Crippen LogP contribution in [0.15, 0.2) is 0 Å². The number of piperidine rings is 2. The van der Waals surface area contributed by atoms with Crippen molar-refractivity contribution in [3.63, 3.8) is 0 Å². The maximum atomic E-state index is 12.6. The Morgan fingerprint density at radius 2 is 1.32 bits per heavy atom. The summed E-state index contributed by atoms with van der Waals surface area (Å²) in [5.41, 5.74) is 5.74. The fourth-order valence-corrected chi connectivity index (χ4v) is 4.80. The van der Waals surface area contributed by atoms with Gasteiger partial charge in [-0.15, -0.1) is 0 Å². The summed E-state index contributed by atoms with van der Waals surface area (Å²) in [7, 11) is 0. The van der Waals surface area contributed by atoms with E-state index in [1.54, 1.807) is 0 Å². The number of carbonyl (C=O) groups excluding carboxylic acids is 2. The second-order valence-electron chi connectivity index (χ2n) is 8.21. The molecule has 0 aromatic rings. The molecule has 1 aliphatic carbocycles. The highest BCUT2D eigenvalue weighted by atomic mass is 16.2. The van der Waals surface area contributed by atoms with Crippen LogP contribution in [0.25, 0.3) is 0 Å². The van der Waals surface area contributed by atoms with Crippen LogP contribution in [-0.4, -0.2) is 65.0 Å². The van der Waals surface area contributed by atoms with E-state index in [0.29, 0.717) is 6.04 Å². The Morgan fingerprint density at radius 1 is 0.800 bits per heavy atom. The van der Waals surface area contributed by atoms with E-state index in [0.717, 1.165) is 70.6 Å². The molecule has 25 heavy (non-hydrogen) atoms. The molecule has 2 N–H and O–H groups in total. The maximum Gasteiger partial charge on any atom is 0.319 e. The number of hydrogen-bond donors (Lipinski definition) is 1. The van der Waals surface area contributed by atoms with Gasteiger partial charge in [0.15, 0.2) is 0 Å². The predicted molar refractivity (Wildman–Crippen MR) is 98.3 cm³/mol. The second-order valence-corrected chi connectivity index (χ2v) is 8.21. The predicted octanol–water partition coefficient (Wildman–Crippen LogP) is 3.02. The molecule has 0 unspecified atom stereocenters. The first-order chi connectivity index (χ1) is 12.1. The van der Waals surface area contributed by atoms with Crippen LogP contribution in [0.5, 0.6) is 0 Å². The molecule has 4 amide bonds. The van der Waals surface area contributed by atoms with Crippen molar-refractivity contribution in [1.29, 1.82) is 0 Å². The van der Waals surface area contributed by atoms with Crippen molar-refractivity contribution in [3.8, 4) is 0 Å². The van der Waals surface area contributed by atoms with E-state index in [4.69, 9.17) is 5.73 Å². The largest absolute Gasteiger partial charge is 0.351 e. The van der Waals surface area contributed by atoms with Gasteiger partial charge in [-0.2, -0.15) is 0 Å². The van der Waals surface area contributed by atoms with Gasteiger partial charge < -0.3 is 20.4 Å². The number of carbonyl (C=O) groups is 2. The third-order valence-corrected chi connectivity index (χ3v) is 6.39. The number of hydrogen-bond acceptors (Lipinski definition) is 2. The topological polar surface area (TPSA) is 69.9 Å². The standard InChI is InChI=1S/C19H34N4O2/c1-15-5-7-16(8-6-15)23(18(20)24)17-9-13-22(14-10-17)19(25)21-11-3-2-4-12-21/h15-17H,2-14H2,1H3,(H2,20,24)/t15-,16-. The van der Waals surface area contributed by atoms with Crippen molar-refractivity contribution < 1.29 is 9.59 Å². The number of urea groups is 2. The van der Waals surface area contributed by atoms with Gasteiger partial charge in [0.25, 0.3) is 0 Å². The Balaban J connectivity index is 1.54. The van der Waals surface area contributed by atoms with Gasteiger partial charge >= 0.3 is 12.1 Å². The SMILES string of the molecule is C[C@H]1CC[C@H](N(C(N)=O)C2CCN(C(=O)N3CCCCC3)CC2)CC1. The summed E-state index contributed by atoms with van der Waals surface area (Å²) < 4.78 is 0.